The molecule has 0 fully saturated rings. The van der Waals surface area contributed by atoms with Crippen LogP contribution in [0.2, 0.25) is 0 Å². The fraction of sp³-hybridized carbons (Fsp3) is 0.571. The summed E-state index contributed by atoms with van der Waals surface area (Å²) < 4.78 is 86.9. The van der Waals surface area contributed by atoms with Gasteiger partial charge in [-0.1, -0.05) is 6.58 Å². The number of ether oxygens (including phenoxy) is 1. The molecule has 0 aliphatic rings. The summed E-state index contributed by atoms with van der Waals surface area (Å²) in [7, 11) is 0. The second-order valence-corrected chi connectivity index (χ2v) is 2.55. The highest BCUT2D eigenvalue weighted by atomic mass is 19.4. The minimum atomic E-state index is -5.90. The summed E-state index contributed by atoms with van der Waals surface area (Å²) in [6.07, 6.45) is -15.4. The first-order valence-corrected chi connectivity index (χ1v) is 3.60. The number of halogens is 7. The van der Waals surface area contributed by atoms with Crippen molar-refractivity contribution in [3.05, 3.63) is 12.7 Å². The molecule has 16 heavy (non-hydrogen) atoms. The SMILES string of the molecule is C=CC(=O)OC(F)C(C(F)(F)F)C(F)(F)F. The van der Waals surface area contributed by atoms with Crippen molar-refractivity contribution in [2.75, 3.05) is 0 Å². The zero-order valence-corrected chi connectivity index (χ0v) is 7.40. The Morgan fingerprint density at radius 2 is 1.50 bits per heavy atom. The van der Waals surface area contributed by atoms with Gasteiger partial charge in [0.1, 0.15) is 0 Å². The molecule has 0 aromatic rings. The summed E-state index contributed by atoms with van der Waals surface area (Å²) in [6.45, 7) is 2.69. The third-order valence-corrected chi connectivity index (χ3v) is 1.36. The molecule has 0 saturated carbocycles. The van der Waals surface area contributed by atoms with E-state index in [9.17, 15) is 35.5 Å². The molecule has 0 aliphatic carbocycles. The zero-order valence-electron chi connectivity index (χ0n) is 7.40. The minimum absolute atomic E-state index is 0.246. The van der Waals surface area contributed by atoms with Gasteiger partial charge in [0.05, 0.1) is 0 Å². The van der Waals surface area contributed by atoms with Gasteiger partial charge in [-0.3, -0.25) is 0 Å². The molecule has 0 spiro atoms. The van der Waals surface area contributed by atoms with Gasteiger partial charge in [0.25, 0.3) is 6.36 Å². The van der Waals surface area contributed by atoms with E-state index in [1.54, 1.807) is 0 Å². The maximum absolute atomic E-state index is 12.6. The van der Waals surface area contributed by atoms with Crippen LogP contribution in [0.4, 0.5) is 30.7 Å². The maximum Gasteiger partial charge on any atom is 0.406 e. The Kier molecular flexibility index (Phi) is 4.33. The summed E-state index contributed by atoms with van der Waals surface area (Å²) in [6, 6.07) is 0. The molecule has 1 atom stereocenters. The van der Waals surface area contributed by atoms with Gasteiger partial charge in [-0.15, -0.1) is 0 Å². The molecular weight excluding hydrogens is 249 g/mol. The van der Waals surface area contributed by atoms with E-state index in [1.165, 1.54) is 0 Å². The molecule has 0 rings (SSSR count). The predicted octanol–water partition coefficient (Wildman–Crippen LogP) is 2.75. The van der Waals surface area contributed by atoms with Gasteiger partial charge in [-0.2, -0.15) is 26.3 Å². The van der Waals surface area contributed by atoms with Gasteiger partial charge in [-0.25, -0.2) is 9.18 Å². The number of alkyl halides is 7. The summed E-state index contributed by atoms with van der Waals surface area (Å²) >= 11 is 0. The Morgan fingerprint density at radius 1 is 1.12 bits per heavy atom. The van der Waals surface area contributed by atoms with Crippen LogP contribution in [0, 0.1) is 5.92 Å². The first kappa shape index (κ1) is 14.7. The maximum atomic E-state index is 12.6. The van der Waals surface area contributed by atoms with Crippen molar-refractivity contribution in [3.8, 4) is 0 Å². The summed E-state index contributed by atoms with van der Waals surface area (Å²) in [4.78, 5) is 10.3. The quantitative estimate of drug-likeness (QED) is 0.439. The Bertz CT molecular complexity index is 253. The van der Waals surface area contributed by atoms with E-state index in [2.05, 4.69) is 11.3 Å². The summed E-state index contributed by atoms with van der Waals surface area (Å²) in [5.74, 6) is -6.09. The standard InChI is InChI=1S/C7H5F7O2/c1-2-3(15)16-5(8)4(6(9,10)11)7(12,13)14/h2,4-5H,1H2. The average Bonchev–Trinajstić information content (AvgIpc) is 1.97. The molecule has 0 amide bonds. The van der Waals surface area contributed by atoms with E-state index in [-0.39, 0.29) is 6.08 Å². The lowest BCUT2D eigenvalue weighted by molar-refractivity contribution is -0.322. The lowest BCUT2D eigenvalue weighted by atomic mass is 10.1. The smallest absolute Gasteiger partial charge is 0.406 e. The van der Waals surface area contributed by atoms with Crippen LogP contribution in [0.5, 0.6) is 0 Å². The van der Waals surface area contributed by atoms with Crippen LogP contribution in [0.15, 0.2) is 12.7 Å². The number of hydrogen-bond donors (Lipinski definition) is 0. The van der Waals surface area contributed by atoms with Gasteiger partial charge in [0, 0.05) is 6.08 Å². The molecule has 0 aromatic carbocycles. The zero-order chi connectivity index (χ0) is 13.1. The molecule has 9 heteroatoms. The molecular formula is C7H5F7O2. The molecule has 1 unspecified atom stereocenters. The van der Waals surface area contributed by atoms with Crippen molar-refractivity contribution in [1.82, 2.24) is 0 Å². The fourth-order valence-corrected chi connectivity index (χ4v) is 0.710. The molecule has 2 nitrogen and oxygen atoms in total. The molecule has 0 heterocycles. The highest BCUT2D eigenvalue weighted by Crippen LogP contribution is 2.42. The van der Waals surface area contributed by atoms with Crippen LogP contribution in [0.1, 0.15) is 0 Å². The average molecular weight is 254 g/mol. The number of carbonyl (C=O) groups excluding carboxylic acids is 1. The minimum Gasteiger partial charge on any atom is -0.427 e. The van der Waals surface area contributed by atoms with Gasteiger partial charge in [-0.05, 0) is 0 Å². The van der Waals surface area contributed by atoms with Crippen LogP contribution in [-0.2, 0) is 9.53 Å². The van der Waals surface area contributed by atoms with Crippen LogP contribution in [0.3, 0.4) is 0 Å². The predicted molar refractivity (Wildman–Crippen MR) is 36.8 cm³/mol. The molecule has 0 aromatic heterocycles. The van der Waals surface area contributed by atoms with Gasteiger partial charge in [0.15, 0.2) is 0 Å². The topological polar surface area (TPSA) is 26.3 Å². The molecule has 0 saturated heterocycles. The monoisotopic (exact) mass is 254 g/mol. The van der Waals surface area contributed by atoms with E-state index in [4.69, 9.17) is 0 Å². The van der Waals surface area contributed by atoms with E-state index >= 15 is 0 Å². The number of carbonyl (C=O) groups is 1. The normalized spacial score (nSPS) is 14.8. The largest absolute Gasteiger partial charge is 0.427 e. The third kappa shape index (κ3) is 4.07. The summed E-state index contributed by atoms with van der Waals surface area (Å²) in [5.41, 5.74) is 0. The highest BCUT2D eigenvalue weighted by molar-refractivity contribution is 5.81. The number of hydrogen-bond acceptors (Lipinski definition) is 2. The van der Waals surface area contributed by atoms with Crippen molar-refractivity contribution < 1.29 is 40.3 Å². The first-order valence-electron chi connectivity index (χ1n) is 3.60. The Labute approximate surface area is 84.7 Å². The number of rotatable bonds is 3. The second-order valence-electron chi connectivity index (χ2n) is 2.55. The van der Waals surface area contributed by atoms with Crippen LogP contribution >= 0.6 is 0 Å². The van der Waals surface area contributed by atoms with Crippen molar-refractivity contribution in [1.29, 1.82) is 0 Å². The lowest BCUT2D eigenvalue weighted by Crippen LogP contribution is -2.44. The van der Waals surface area contributed by atoms with Crippen LogP contribution in [0.25, 0.3) is 0 Å². The summed E-state index contributed by atoms with van der Waals surface area (Å²) in [5, 5.41) is 0. The Hall–Kier alpha value is -1.28. The van der Waals surface area contributed by atoms with E-state index in [1.807, 2.05) is 0 Å². The van der Waals surface area contributed by atoms with Gasteiger partial charge in [0.2, 0.25) is 5.92 Å². The van der Waals surface area contributed by atoms with Crippen molar-refractivity contribution in [2.24, 2.45) is 5.92 Å². The van der Waals surface area contributed by atoms with Crippen molar-refractivity contribution >= 4 is 5.97 Å². The molecule has 94 valence electrons. The highest BCUT2D eigenvalue weighted by Gasteiger charge is 2.62. The first-order chi connectivity index (χ1) is 7.00. The van der Waals surface area contributed by atoms with Crippen molar-refractivity contribution in [2.45, 2.75) is 18.7 Å². The third-order valence-electron chi connectivity index (χ3n) is 1.36. The molecule has 0 radical (unpaired) electrons. The van der Waals surface area contributed by atoms with Crippen LogP contribution in [-0.4, -0.2) is 24.7 Å². The molecule has 0 N–H and O–H groups in total. The molecule has 0 bridgehead atoms. The van der Waals surface area contributed by atoms with Gasteiger partial charge < -0.3 is 4.74 Å². The van der Waals surface area contributed by atoms with Crippen molar-refractivity contribution in [3.63, 3.8) is 0 Å². The lowest BCUT2D eigenvalue weighted by Gasteiger charge is -2.24. The Balaban J connectivity index is 4.92. The second kappa shape index (κ2) is 4.71. The van der Waals surface area contributed by atoms with E-state index < -0.39 is 30.6 Å². The number of esters is 1. The van der Waals surface area contributed by atoms with E-state index in [0.29, 0.717) is 0 Å². The Morgan fingerprint density at radius 3 is 1.75 bits per heavy atom. The fourth-order valence-electron chi connectivity index (χ4n) is 0.710. The van der Waals surface area contributed by atoms with Crippen LogP contribution < -0.4 is 0 Å². The van der Waals surface area contributed by atoms with Gasteiger partial charge >= 0.3 is 18.3 Å². The van der Waals surface area contributed by atoms with E-state index in [0.717, 1.165) is 0 Å². The molecule has 0 aliphatic heterocycles.